The Balaban J connectivity index is 1.72. The predicted octanol–water partition coefficient (Wildman–Crippen LogP) is 2.69. The summed E-state index contributed by atoms with van der Waals surface area (Å²) in [6.07, 6.45) is 3.79. The topological polar surface area (TPSA) is 55.6 Å². The molecule has 2 rings (SSSR count). The van der Waals surface area contributed by atoms with Gasteiger partial charge in [0.2, 0.25) is 5.91 Å². The van der Waals surface area contributed by atoms with E-state index in [1.165, 1.54) is 0 Å². The van der Waals surface area contributed by atoms with Crippen LogP contribution in [0.15, 0.2) is 24.3 Å². The lowest BCUT2D eigenvalue weighted by Crippen LogP contribution is -2.35. The molecule has 21 heavy (non-hydrogen) atoms. The van der Waals surface area contributed by atoms with Crippen LogP contribution in [-0.4, -0.2) is 37.0 Å². The van der Waals surface area contributed by atoms with E-state index in [2.05, 4.69) is 0 Å². The van der Waals surface area contributed by atoms with Gasteiger partial charge in [-0.15, -0.1) is 0 Å². The van der Waals surface area contributed by atoms with Gasteiger partial charge in [0.15, 0.2) is 0 Å². The molecule has 2 N–H and O–H groups in total. The van der Waals surface area contributed by atoms with E-state index >= 15 is 0 Å². The number of halogens is 1. The van der Waals surface area contributed by atoms with Crippen LogP contribution in [0.3, 0.4) is 0 Å². The summed E-state index contributed by atoms with van der Waals surface area (Å²) in [5.74, 6) is 1.13. The van der Waals surface area contributed by atoms with Gasteiger partial charge in [0.05, 0.1) is 11.6 Å². The first-order valence-corrected chi connectivity index (χ1v) is 7.82. The van der Waals surface area contributed by atoms with Crippen LogP contribution in [0.1, 0.15) is 25.7 Å². The van der Waals surface area contributed by atoms with Gasteiger partial charge in [-0.25, -0.2) is 0 Å². The van der Waals surface area contributed by atoms with Crippen LogP contribution >= 0.6 is 11.6 Å². The molecule has 1 aliphatic rings. The van der Waals surface area contributed by atoms with E-state index in [9.17, 15) is 4.79 Å². The van der Waals surface area contributed by atoms with E-state index in [4.69, 9.17) is 22.1 Å². The highest BCUT2D eigenvalue weighted by atomic mass is 35.5. The van der Waals surface area contributed by atoms with E-state index in [1.54, 1.807) is 18.0 Å². The smallest absolute Gasteiger partial charge is 0.222 e. The molecule has 0 aliphatic heterocycles. The van der Waals surface area contributed by atoms with Crippen molar-refractivity contribution < 1.29 is 9.53 Å². The van der Waals surface area contributed by atoms with Crippen molar-refractivity contribution in [3.05, 3.63) is 29.3 Å². The fraction of sp³-hybridized carbons (Fsp3) is 0.562. The first-order valence-electron chi connectivity index (χ1n) is 7.45. The number of likely N-dealkylation sites (N-methyl/N-ethyl adjacent to an activating group) is 1. The molecule has 2 atom stereocenters. The molecule has 0 unspecified atom stereocenters. The first kappa shape index (κ1) is 16.1. The Kier molecular flexibility index (Phi) is 5.88. The van der Waals surface area contributed by atoms with Crippen molar-refractivity contribution in [2.45, 2.75) is 31.7 Å². The summed E-state index contributed by atoms with van der Waals surface area (Å²) >= 11 is 6.01. The molecular formula is C16H23ClN2O2. The lowest BCUT2D eigenvalue weighted by molar-refractivity contribution is -0.131. The minimum atomic E-state index is 0.139. The Hall–Kier alpha value is -1.26. The number of carbonyl (C=O) groups excluding carboxylic acids is 1. The monoisotopic (exact) mass is 310 g/mol. The van der Waals surface area contributed by atoms with Gasteiger partial charge in [0.25, 0.3) is 0 Å². The van der Waals surface area contributed by atoms with Gasteiger partial charge in [-0.3, -0.25) is 4.79 Å². The molecule has 1 fully saturated rings. The number of nitrogens with two attached hydrogens (primary N) is 1. The number of amides is 1. The van der Waals surface area contributed by atoms with E-state index < -0.39 is 0 Å². The van der Waals surface area contributed by atoms with Crippen molar-refractivity contribution >= 4 is 17.5 Å². The van der Waals surface area contributed by atoms with Gasteiger partial charge in [0, 0.05) is 19.5 Å². The van der Waals surface area contributed by atoms with E-state index in [1.807, 2.05) is 18.2 Å². The quantitative estimate of drug-likeness (QED) is 0.879. The number of benzene rings is 1. The fourth-order valence-electron chi connectivity index (χ4n) is 2.68. The van der Waals surface area contributed by atoms with Crippen molar-refractivity contribution in [2.75, 3.05) is 20.2 Å². The normalized spacial score (nSPS) is 21.3. The third-order valence-electron chi connectivity index (χ3n) is 4.10. The van der Waals surface area contributed by atoms with E-state index in [-0.39, 0.29) is 11.9 Å². The minimum absolute atomic E-state index is 0.139. The summed E-state index contributed by atoms with van der Waals surface area (Å²) in [6.45, 7) is 0.981. The summed E-state index contributed by atoms with van der Waals surface area (Å²) in [6, 6.07) is 7.52. The third kappa shape index (κ3) is 4.61. The van der Waals surface area contributed by atoms with Crippen molar-refractivity contribution in [2.24, 2.45) is 11.7 Å². The SMILES string of the molecule is CN(CCOc1ccccc1Cl)C(=O)C[C@@H]1CCC[C@H]1N. The number of nitrogens with zero attached hydrogens (tertiary/aromatic N) is 1. The number of carbonyl (C=O) groups is 1. The molecule has 0 bridgehead atoms. The second-order valence-corrected chi connectivity index (χ2v) is 6.06. The van der Waals surface area contributed by atoms with Gasteiger partial charge in [-0.1, -0.05) is 30.2 Å². The van der Waals surface area contributed by atoms with Crippen molar-refractivity contribution in [3.8, 4) is 5.75 Å². The Bertz CT molecular complexity index is 481. The minimum Gasteiger partial charge on any atom is -0.490 e. The van der Waals surface area contributed by atoms with Crippen molar-refractivity contribution in [3.63, 3.8) is 0 Å². The van der Waals surface area contributed by atoms with Crippen molar-refractivity contribution in [1.29, 1.82) is 0 Å². The highest BCUT2D eigenvalue weighted by Crippen LogP contribution is 2.27. The third-order valence-corrected chi connectivity index (χ3v) is 4.41. The summed E-state index contributed by atoms with van der Waals surface area (Å²) < 4.78 is 5.60. The molecule has 5 heteroatoms. The second-order valence-electron chi connectivity index (χ2n) is 5.65. The van der Waals surface area contributed by atoms with E-state index in [0.29, 0.717) is 36.3 Å². The summed E-state index contributed by atoms with van der Waals surface area (Å²) in [7, 11) is 1.80. The Labute approximate surface area is 131 Å². The lowest BCUT2D eigenvalue weighted by Gasteiger charge is -2.21. The standard InChI is InChI=1S/C16H23ClN2O2/c1-19(16(20)11-12-5-4-7-14(12)18)9-10-21-15-8-3-2-6-13(15)17/h2-3,6,8,12,14H,4-5,7,9-11,18H2,1H3/t12-,14+/m0/s1. The number of hydrogen-bond acceptors (Lipinski definition) is 3. The van der Waals surface area contributed by atoms with Crippen LogP contribution < -0.4 is 10.5 Å². The largest absolute Gasteiger partial charge is 0.490 e. The van der Waals surface area contributed by atoms with Crippen LogP contribution in [0.4, 0.5) is 0 Å². The fourth-order valence-corrected chi connectivity index (χ4v) is 2.87. The molecule has 1 aromatic rings. The molecule has 1 aliphatic carbocycles. The Morgan fingerprint density at radius 1 is 1.43 bits per heavy atom. The van der Waals surface area contributed by atoms with Gasteiger partial charge >= 0.3 is 0 Å². The Morgan fingerprint density at radius 2 is 2.19 bits per heavy atom. The van der Waals surface area contributed by atoms with Gasteiger partial charge in [0.1, 0.15) is 12.4 Å². The summed E-state index contributed by atoms with van der Waals surface area (Å²) in [5.41, 5.74) is 6.01. The molecule has 1 saturated carbocycles. The van der Waals surface area contributed by atoms with Gasteiger partial charge in [-0.2, -0.15) is 0 Å². The van der Waals surface area contributed by atoms with Crippen LogP contribution in [0.5, 0.6) is 5.75 Å². The molecule has 0 spiro atoms. The van der Waals surface area contributed by atoms with Crippen LogP contribution in [0.2, 0.25) is 5.02 Å². The van der Waals surface area contributed by atoms with Crippen LogP contribution in [-0.2, 0) is 4.79 Å². The maximum Gasteiger partial charge on any atom is 0.222 e. The van der Waals surface area contributed by atoms with Crippen LogP contribution in [0.25, 0.3) is 0 Å². The first-order chi connectivity index (χ1) is 10.1. The molecule has 1 amide bonds. The van der Waals surface area contributed by atoms with Gasteiger partial charge < -0.3 is 15.4 Å². The Morgan fingerprint density at radius 3 is 2.86 bits per heavy atom. The number of para-hydroxylation sites is 1. The number of ether oxygens (including phenoxy) is 1. The molecule has 0 saturated heterocycles. The zero-order chi connectivity index (χ0) is 15.2. The maximum atomic E-state index is 12.1. The number of hydrogen-bond donors (Lipinski definition) is 1. The zero-order valence-electron chi connectivity index (χ0n) is 12.4. The predicted molar refractivity (Wildman–Crippen MR) is 84.5 cm³/mol. The average Bonchev–Trinajstić information content (AvgIpc) is 2.86. The summed E-state index contributed by atoms with van der Waals surface area (Å²) in [4.78, 5) is 13.9. The maximum absolute atomic E-state index is 12.1. The molecule has 116 valence electrons. The highest BCUT2D eigenvalue weighted by molar-refractivity contribution is 6.32. The van der Waals surface area contributed by atoms with Crippen molar-refractivity contribution in [1.82, 2.24) is 4.90 Å². The van der Waals surface area contributed by atoms with Gasteiger partial charge in [-0.05, 0) is 30.9 Å². The average molecular weight is 311 g/mol. The molecule has 4 nitrogen and oxygen atoms in total. The molecular weight excluding hydrogens is 288 g/mol. The second kappa shape index (κ2) is 7.66. The molecule has 0 radical (unpaired) electrons. The molecule has 1 aromatic carbocycles. The summed E-state index contributed by atoms with van der Waals surface area (Å²) in [5, 5.41) is 0.586. The zero-order valence-corrected chi connectivity index (χ0v) is 13.2. The number of rotatable bonds is 6. The molecule has 0 heterocycles. The van der Waals surface area contributed by atoms with Crippen LogP contribution in [0, 0.1) is 5.92 Å². The lowest BCUT2D eigenvalue weighted by atomic mass is 9.99. The molecule has 0 aromatic heterocycles. The highest BCUT2D eigenvalue weighted by Gasteiger charge is 2.27. The van der Waals surface area contributed by atoms with E-state index in [0.717, 1.165) is 19.3 Å².